The van der Waals surface area contributed by atoms with Gasteiger partial charge in [0.05, 0.1) is 5.56 Å². The van der Waals surface area contributed by atoms with Crippen molar-refractivity contribution >= 4 is 64.9 Å². The average Bonchev–Trinajstić information content (AvgIpc) is 2.40. The fourth-order valence-corrected chi connectivity index (χ4v) is 1.59. The Bertz CT molecular complexity index is 515. The van der Waals surface area contributed by atoms with Crippen LogP contribution in [0.15, 0.2) is 54.6 Å². The van der Waals surface area contributed by atoms with Gasteiger partial charge in [0, 0.05) is 64.7 Å². The van der Waals surface area contributed by atoms with Crippen LogP contribution in [0.4, 0.5) is 0 Å². The topological polar surface area (TPSA) is 46.5 Å². The Kier molecular flexibility index (Phi) is 9.66. The zero-order valence-electron chi connectivity index (χ0n) is 11.2. The predicted octanol–water partition coefficient (Wildman–Crippen LogP) is 1.48. The second-order valence-corrected chi connectivity index (χ2v) is 3.46. The van der Waals surface area contributed by atoms with Crippen LogP contribution in [0.2, 0.25) is 0 Å². The number of ketones is 1. The van der Waals surface area contributed by atoms with Crippen LogP contribution < -0.4 is 4.74 Å². The number of carbonyl (C=O) groups excluding carboxylic acids is 1. The monoisotopic (exact) mass is 274 g/mol. The third-order valence-corrected chi connectivity index (χ3v) is 2.39. The standard InChI is InChI=1S/C14H12O3.2Na/c15-10-17-13-9-5-4-8-12(13)14(16)11-6-2-1-3-7-11;;/h1-9,15H,10H2;;. The second kappa shape index (κ2) is 9.72. The quantitative estimate of drug-likeness (QED) is 0.522. The predicted molar refractivity (Wildman–Crippen MR) is 75.5 cm³/mol. The SMILES string of the molecule is O=C(c1ccccc1)c1ccccc1OCO.[Na].[Na]. The number of hydrogen-bond acceptors (Lipinski definition) is 3. The van der Waals surface area contributed by atoms with Gasteiger partial charge in [0.15, 0.2) is 12.6 Å². The van der Waals surface area contributed by atoms with Crippen LogP contribution in [0.25, 0.3) is 0 Å². The number of carbonyl (C=O) groups is 1. The smallest absolute Gasteiger partial charge is 0.196 e. The van der Waals surface area contributed by atoms with E-state index in [1.165, 1.54) is 0 Å². The summed E-state index contributed by atoms with van der Waals surface area (Å²) in [5, 5.41) is 8.76. The third kappa shape index (κ3) is 5.04. The summed E-state index contributed by atoms with van der Waals surface area (Å²) in [5.74, 6) is 0.276. The Morgan fingerprint density at radius 1 is 0.947 bits per heavy atom. The molecule has 0 atom stereocenters. The molecule has 0 heterocycles. The maximum atomic E-state index is 12.2. The number of aliphatic hydroxyl groups excluding tert-OH is 1. The van der Waals surface area contributed by atoms with Gasteiger partial charge in [0.1, 0.15) is 5.75 Å². The molecule has 0 aliphatic carbocycles. The van der Waals surface area contributed by atoms with Gasteiger partial charge in [-0.1, -0.05) is 42.5 Å². The van der Waals surface area contributed by atoms with E-state index in [9.17, 15) is 4.79 Å². The van der Waals surface area contributed by atoms with Crippen LogP contribution in [0.5, 0.6) is 5.75 Å². The maximum Gasteiger partial charge on any atom is 0.196 e. The largest absolute Gasteiger partial charge is 0.467 e. The number of hydrogen-bond donors (Lipinski definition) is 1. The first-order chi connectivity index (χ1) is 8.33. The first kappa shape index (κ1) is 18.9. The van der Waals surface area contributed by atoms with E-state index < -0.39 is 6.79 Å². The number of ether oxygens (including phenoxy) is 1. The molecule has 0 saturated carbocycles. The normalized spacial score (nSPS) is 8.89. The summed E-state index contributed by atoms with van der Waals surface area (Å²) in [6.45, 7) is -0.445. The third-order valence-electron chi connectivity index (χ3n) is 2.39. The van der Waals surface area contributed by atoms with Gasteiger partial charge in [-0.05, 0) is 12.1 Å². The molecular weight excluding hydrogens is 262 g/mol. The molecule has 1 N–H and O–H groups in total. The summed E-state index contributed by atoms with van der Waals surface area (Å²) in [6, 6.07) is 15.8. The van der Waals surface area contributed by atoms with E-state index in [4.69, 9.17) is 9.84 Å². The number of rotatable bonds is 4. The van der Waals surface area contributed by atoms with Crippen LogP contribution in [0.3, 0.4) is 0 Å². The van der Waals surface area contributed by atoms with Crippen molar-refractivity contribution in [3.63, 3.8) is 0 Å². The molecule has 0 spiro atoms. The van der Waals surface area contributed by atoms with Gasteiger partial charge in [0.2, 0.25) is 0 Å². The van der Waals surface area contributed by atoms with Gasteiger partial charge in [-0.15, -0.1) is 0 Å². The Balaban J connectivity index is 0.00000162. The maximum absolute atomic E-state index is 12.2. The number of aliphatic hydroxyl groups is 1. The first-order valence-corrected chi connectivity index (χ1v) is 5.25. The van der Waals surface area contributed by atoms with Crippen molar-refractivity contribution < 1.29 is 14.6 Å². The van der Waals surface area contributed by atoms with E-state index in [2.05, 4.69) is 0 Å². The molecule has 0 aliphatic rings. The van der Waals surface area contributed by atoms with E-state index in [0.29, 0.717) is 16.9 Å². The van der Waals surface area contributed by atoms with Crippen molar-refractivity contribution in [3.8, 4) is 5.75 Å². The van der Waals surface area contributed by atoms with E-state index >= 15 is 0 Å². The molecule has 3 nitrogen and oxygen atoms in total. The van der Waals surface area contributed by atoms with Crippen molar-refractivity contribution in [2.45, 2.75) is 0 Å². The van der Waals surface area contributed by atoms with Crippen molar-refractivity contribution in [2.75, 3.05) is 6.79 Å². The first-order valence-electron chi connectivity index (χ1n) is 5.25. The summed E-state index contributed by atoms with van der Waals surface area (Å²) in [4.78, 5) is 12.2. The number of benzene rings is 2. The van der Waals surface area contributed by atoms with E-state index in [1.807, 2.05) is 18.2 Å². The molecule has 5 heteroatoms. The molecule has 2 aromatic carbocycles. The molecule has 0 aliphatic heterocycles. The summed E-state index contributed by atoms with van der Waals surface area (Å²) >= 11 is 0. The Hall–Kier alpha value is -0.130. The van der Waals surface area contributed by atoms with Gasteiger partial charge >= 0.3 is 0 Å². The molecule has 0 unspecified atom stereocenters. The summed E-state index contributed by atoms with van der Waals surface area (Å²) < 4.78 is 5.01. The van der Waals surface area contributed by atoms with Crippen LogP contribution in [0, 0.1) is 0 Å². The molecule has 0 bridgehead atoms. The molecule has 0 fully saturated rings. The summed E-state index contributed by atoms with van der Waals surface area (Å²) in [5.41, 5.74) is 1.05. The average molecular weight is 274 g/mol. The fraction of sp³-hybridized carbons (Fsp3) is 0.0714. The molecule has 0 aromatic heterocycles. The van der Waals surface area contributed by atoms with Crippen molar-refractivity contribution in [3.05, 3.63) is 65.7 Å². The van der Waals surface area contributed by atoms with Crippen LogP contribution >= 0.6 is 0 Å². The van der Waals surface area contributed by atoms with Gasteiger partial charge < -0.3 is 9.84 Å². The zero-order chi connectivity index (χ0) is 12.1. The molecule has 19 heavy (non-hydrogen) atoms. The minimum atomic E-state index is -0.445. The molecule has 2 aromatic rings. The Morgan fingerprint density at radius 2 is 1.53 bits per heavy atom. The minimum absolute atomic E-state index is 0. The minimum Gasteiger partial charge on any atom is -0.467 e. The van der Waals surface area contributed by atoms with Crippen LogP contribution in [0.1, 0.15) is 15.9 Å². The van der Waals surface area contributed by atoms with Gasteiger partial charge in [-0.3, -0.25) is 4.79 Å². The summed E-state index contributed by atoms with van der Waals surface area (Å²) in [7, 11) is 0. The van der Waals surface area contributed by atoms with Crippen molar-refractivity contribution in [1.82, 2.24) is 0 Å². The van der Waals surface area contributed by atoms with E-state index in [0.717, 1.165) is 0 Å². The Labute approximate surface area is 156 Å². The van der Waals surface area contributed by atoms with E-state index in [-0.39, 0.29) is 64.9 Å². The molecule has 0 saturated heterocycles. The Morgan fingerprint density at radius 3 is 2.16 bits per heavy atom. The van der Waals surface area contributed by atoms with Crippen molar-refractivity contribution in [2.24, 2.45) is 0 Å². The van der Waals surface area contributed by atoms with Crippen LogP contribution in [-0.2, 0) is 0 Å². The van der Waals surface area contributed by atoms with Crippen LogP contribution in [-0.4, -0.2) is 76.8 Å². The zero-order valence-corrected chi connectivity index (χ0v) is 15.2. The molecule has 2 rings (SSSR count). The van der Waals surface area contributed by atoms with Gasteiger partial charge in [0.25, 0.3) is 0 Å². The molecule has 0 amide bonds. The second-order valence-electron chi connectivity index (χ2n) is 3.46. The molecule has 88 valence electrons. The van der Waals surface area contributed by atoms with Gasteiger partial charge in [-0.2, -0.15) is 0 Å². The van der Waals surface area contributed by atoms with E-state index in [1.54, 1.807) is 36.4 Å². The fourth-order valence-electron chi connectivity index (χ4n) is 1.59. The number of para-hydroxylation sites is 1. The molecular formula is C14H12Na2O3. The summed E-state index contributed by atoms with van der Waals surface area (Å²) in [6.07, 6.45) is 0. The molecule has 2 radical (unpaired) electrons. The van der Waals surface area contributed by atoms with Gasteiger partial charge in [-0.25, -0.2) is 0 Å². The van der Waals surface area contributed by atoms with Crippen molar-refractivity contribution in [1.29, 1.82) is 0 Å².